The SMILES string of the molecule is CNc1ccc2ccccc2n1.COc1nccnc1C1=CCOCC1.[HH]. The van der Waals surface area contributed by atoms with Crippen molar-refractivity contribution in [2.75, 3.05) is 32.7 Å². The monoisotopic (exact) mass is 352 g/mol. The van der Waals surface area contributed by atoms with Crippen LogP contribution in [0, 0.1) is 0 Å². The zero-order chi connectivity index (χ0) is 18.2. The Balaban J connectivity index is 0.000000189. The smallest absolute Gasteiger partial charge is 0.239 e. The zero-order valence-corrected chi connectivity index (χ0v) is 15.0. The second-order valence-electron chi connectivity index (χ2n) is 5.61. The maximum absolute atomic E-state index is 5.23. The summed E-state index contributed by atoms with van der Waals surface area (Å²) in [6.45, 7) is 1.39. The minimum absolute atomic E-state index is 0. The summed E-state index contributed by atoms with van der Waals surface area (Å²) in [5, 5.41) is 4.19. The van der Waals surface area contributed by atoms with Gasteiger partial charge in [-0.3, -0.25) is 0 Å². The van der Waals surface area contributed by atoms with Crippen molar-refractivity contribution in [3.8, 4) is 5.88 Å². The lowest BCUT2D eigenvalue weighted by Gasteiger charge is -2.14. The highest BCUT2D eigenvalue weighted by atomic mass is 16.5. The van der Waals surface area contributed by atoms with Crippen molar-refractivity contribution < 1.29 is 10.9 Å². The molecule has 26 heavy (non-hydrogen) atoms. The van der Waals surface area contributed by atoms with Gasteiger partial charge in [0.15, 0.2) is 0 Å². The molecule has 0 aliphatic carbocycles. The summed E-state index contributed by atoms with van der Waals surface area (Å²) >= 11 is 0. The molecule has 4 rings (SSSR count). The van der Waals surface area contributed by atoms with Gasteiger partial charge < -0.3 is 14.8 Å². The van der Waals surface area contributed by atoms with Crippen LogP contribution in [0.25, 0.3) is 16.5 Å². The van der Waals surface area contributed by atoms with Crippen LogP contribution in [0.15, 0.2) is 54.9 Å². The first kappa shape index (κ1) is 17.8. The molecular formula is C20H24N4O2. The van der Waals surface area contributed by atoms with E-state index in [0.29, 0.717) is 12.5 Å². The van der Waals surface area contributed by atoms with Crippen LogP contribution in [0.4, 0.5) is 5.82 Å². The van der Waals surface area contributed by atoms with E-state index in [1.807, 2.05) is 37.4 Å². The van der Waals surface area contributed by atoms with Gasteiger partial charge in [0.05, 0.1) is 25.8 Å². The molecule has 0 radical (unpaired) electrons. The van der Waals surface area contributed by atoms with E-state index < -0.39 is 0 Å². The Morgan fingerprint density at radius 3 is 2.73 bits per heavy atom. The fourth-order valence-corrected chi connectivity index (χ4v) is 2.64. The van der Waals surface area contributed by atoms with Gasteiger partial charge in [0.25, 0.3) is 0 Å². The lowest BCUT2D eigenvalue weighted by molar-refractivity contribution is 0.161. The standard InChI is InChI=1S/C10H12N2O2.C10H10N2.H2/c1-13-10-9(11-4-5-12-10)8-2-6-14-7-3-8;1-11-10-7-6-8-4-2-3-5-9(8)12-10;/h2,4-5H,3,6-7H2,1H3;2-7H,1H3,(H,11,12);1H. The van der Waals surface area contributed by atoms with E-state index in [2.05, 4.69) is 32.4 Å². The van der Waals surface area contributed by atoms with Crippen molar-refractivity contribution in [2.45, 2.75) is 6.42 Å². The van der Waals surface area contributed by atoms with Crippen LogP contribution in [0.1, 0.15) is 13.5 Å². The number of benzene rings is 1. The number of nitrogens with zero attached hydrogens (tertiary/aromatic N) is 3. The number of anilines is 1. The van der Waals surface area contributed by atoms with Gasteiger partial charge in [0, 0.05) is 26.3 Å². The molecule has 0 unspecified atom stereocenters. The summed E-state index contributed by atoms with van der Waals surface area (Å²) in [6.07, 6.45) is 6.20. The van der Waals surface area contributed by atoms with Gasteiger partial charge in [-0.1, -0.05) is 24.3 Å². The van der Waals surface area contributed by atoms with Gasteiger partial charge in [-0.25, -0.2) is 15.0 Å². The van der Waals surface area contributed by atoms with E-state index in [4.69, 9.17) is 9.47 Å². The Morgan fingerprint density at radius 1 is 1.12 bits per heavy atom. The molecular weight excluding hydrogens is 328 g/mol. The van der Waals surface area contributed by atoms with Crippen LogP contribution >= 0.6 is 0 Å². The highest BCUT2D eigenvalue weighted by Gasteiger charge is 2.13. The summed E-state index contributed by atoms with van der Waals surface area (Å²) < 4.78 is 10.4. The molecule has 0 fully saturated rings. The van der Waals surface area contributed by atoms with Gasteiger partial charge in [0.2, 0.25) is 5.88 Å². The van der Waals surface area contributed by atoms with Crippen molar-refractivity contribution in [1.29, 1.82) is 0 Å². The molecule has 1 aliphatic rings. The molecule has 6 heteroatoms. The van der Waals surface area contributed by atoms with E-state index in [-0.39, 0.29) is 1.43 Å². The number of hydrogen-bond acceptors (Lipinski definition) is 6. The van der Waals surface area contributed by atoms with Gasteiger partial charge in [0.1, 0.15) is 11.5 Å². The molecule has 0 amide bonds. The van der Waals surface area contributed by atoms with Crippen molar-refractivity contribution >= 4 is 22.3 Å². The summed E-state index contributed by atoms with van der Waals surface area (Å²) in [6, 6.07) is 12.1. The Labute approximate surface area is 154 Å². The van der Waals surface area contributed by atoms with Crippen LogP contribution in [0.2, 0.25) is 0 Å². The van der Waals surface area contributed by atoms with Crippen LogP contribution in [0.3, 0.4) is 0 Å². The minimum Gasteiger partial charge on any atom is -0.479 e. The van der Waals surface area contributed by atoms with Crippen molar-refractivity contribution in [1.82, 2.24) is 15.0 Å². The molecule has 0 saturated carbocycles. The van der Waals surface area contributed by atoms with E-state index in [1.165, 1.54) is 5.39 Å². The lowest BCUT2D eigenvalue weighted by Crippen LogP contribution is -2.06. The van der Waals surface area contributed by atoms with E-state index in [1.54, 1.807) is 19.5 Å². The number of para-hydroxylation sites is 1. The van der Waals surface area contributed by atoms with E-state index >= 15 is 0 Å². The number of methoxy groups -OCH3 is 1. The Kier molecular flexibility index (Phi) is 6.11. The third-order valence-corrected chi connectivity index (χ3v) is 3.98. The Bertz CT molecular complexity index is 902. The number of nitrogens with one attached hydrogen (secondary N) is 1. The second-order valence-corrected chi connectivity index (χ2v) is 5.61. The van der Waals surface area contributed by atoms with Crippen LogP contribution in [-0.2, 0) is 4.74 Å². The number of hydrogen-bond donors (Lipinski definition) is 1. The topological polar surface area (TPSA) is 69.2 Å². The molecule has 136 valence electrons. The van der Waals surface area contributed by atoms with Gasteiger partial charge in [-0.15, -0.1) is 0 Å². The molecule has 0 spiro atoms. The average molecular weight is 352 g/mol. The third-order valence-electron chi connectivity index (χ3n) is 3.98. The minimum atomic E-state index is 0. The summed E-state index contributed by atoms with van der Waals surface area (Å²) in [5.41, 5.74) is 3.02. The normalized spacial score (nSPS) is 13.4. The number of fused-ring (bicyclic) bond motifs is 1. The molecule has 0 atom stereocenters. The Hall–Kier alpha value is -2.99. The summed E-state index contributed by atoms with van der Waals surface area (Å²) in [5.74, 6) is 1.49. The van der Waals surface area contributed by atoms with Crippen LogP contribution in [-0.4, -0.2) is 42.3 Å². The number of aromatic nitrogens is 3. The predicted molar refractivity (Wildman–Crippen MR) is 105 cm³/mol. The molecule has 2 aromatic heterocycles. The summed E-state index contributed by atoms with van der Waals surface area (Å²) in [4.78, 5) is 12.8. The van der Waals surface area contributed by atoms with Crippen LogP contribution in [0.5, 0.6) is 5.88 Å². The van der Waals surface area contributed by atoms with E-state index in [0.717, 1.165) is 35.6 Å². The molecule has 1 N–H and O–H groups in total. The fourth-order valence-electron chi connectivity index (χ4n) is 2.64. The van der Waals surface area contributed by atoms with E-state index in [9.17, 15) is 0 Å². The zero-order valence-electron chi connectivity index (χ0n) is 15.0. The molecule has 6 nitrogen and oxygen atoms in total. The second kappa shape index (κ2) is 8.92. The number of pyridine rings is 1. The van der Waals surface area contributed by atoms with Crippen molar-refractivity contribution in [3.05, 3.63) is 60.6 Å². The molecule has 3 aromatic rings. The van der Waals surface area contributed by atoms with Gasteiger partial charge in [-0.05, 0) is 30.2 Å². The quantitative estimate of drug-likeness (QED) is 0.773. The van der Waals surface area contributed by atoms with Crippen molar-refractivity contribution in [2.24, 2.45) is 0 Å². The van der Waals surface area contributed by atoms with Gasteiger partial charge in [-0.2, -0.15) is 0 Å². The first-order chi connectivity index (χ1) is 12.8. The van der Waals surface area contributed by atoms with Gasteiger partial charge >= 0.3 is 0 Å². The summed E-state index contributed by atoms with van der Waals surface area (Å²) in [7, 11) is 3.48. The maximum Gasteiger partial charge on any atom is 0.239 e. The number of rotatable bonds is 3. The molecule has 3 heterocycles. The predicted octanol–water partition coefficient (Wildman–Crippen LogP) is 3.81. The highest BCUT2D eigenvalue weighted by molar-refractivity contribution is 5.79. The molecule has 1 aliphatic heterocycles. The fraction of sp³-hybridized carbons (Fsp3) is 0.250. The number of ether oxygens (including phenoxy) is 2. The Morgan fingerprint density at radius 2 is 1.96 bits per heavy atom. The maximum atomic E-state index is 5.23. The molecule has 1 aromatic carbocycles. The first-order valence-corrected chi connectivity index (χ1v) is 8.47. The third kappa shape index (κ3) is 4.34. The average Bonchev–Trinajstić information content (AvgIpc) is 2.74. The van der Waals surface area contributed by atoms with Crippen molar-refractivity contribution in [3.63, 3.8) is 0 Å². The highest BCUT2D eigenvalue weighted by Crippen LogP contribution is 2.25. The van der Waals surface area contributed by atoms with Crippen LogP contribution < -0.4 is 10.1 Å². The molecule has 0 saturated heterocycles. The lowest BCUT2D eigenvalue weighted by atomic mass is 10.1. The molecule has 0 bridgehead atoms. The largest absolute Gasteiger partial charge is 0.479 e. The first-order valence-electron chi connectivity index (χ1n) is 8.47.